The largest absolute Gasteiger partial charge is 0.345 e. The van der Waals surface area contributed by atoms with Crippen LogP contribution in [0.25, 0.3) is 5.70 Å². The van der Waals surface area contributed by atoms with E-state index in [1.807, 2.05) is 43.1 Å². The Morgan fingerprint density at radius 3 is 2.47 bits per heavy atom. The zero-order valence-corrected chi connectivity index (χ0v) is 17.9. The van der Waals surface area contributed by atoms with Gasteiger partial charge in [-0.1, -0.05) is 43.0 Å². The van der Waals surface area contributed by atoms with Gasteiger partial charge >= 0.3 is 0 Å². The first-order chi connectivity index (χ1) is 14.5. The quantitative estimate of drug-likeness (QED) is 0.716. The summed E-state index contributed by atoms with van der Waals surface area (Å²) in [6.07, 6.45) is 10.0. The second kappa shape index (κ2) is 8.47. The van der Waals surface area contributed by atoms with Crippen LogP contribution < -0.4 is 0 Å². The Kier molecular flexibility index (Phi) is 5.76. The van der Waals surface area contributed by atoms with Crippen molar-refractivity contribution >= 4 is 17.4 Å². The maximum atomic E-state index is 12.8. The Bertz CT molecular complexity index is 945. The second-order valence-corrected chi connectivity index (χ2v) is 8.39. The summed E-state index contributed by atoms with van der Waals surface area (Å²) in [6.45, 7) is 7.04. The summed E-state index contributed by atoms with van der Waals surface area (Å²) in [5.41, 5.74) is 5.54. The van der Waals surface area contributed by atoms with Crippen molar-refractivity contribution in [3.63, 3.8) is 0 Å². The molecule has 156 valence electrons. The molecule has 1 aromatic rings. The highest BCUT2D eigenvalue weighted by molar-refractivity contribution is 5.92. The van der Waals surface area contributed by atoms with Crippen molar-refractivity contribution in [3.8, 4) is 0 Å². The van der Waals surface area contributed by atoms with Crippen molar-refractivity contribution in [2.24, 2.45) is 5.92 Å². The molecule has 0 N–H and O–H groups in total. The van der Waals surface area contributed by atoms with Crippen LogP contribution in [0.2, 0.25) is 0 Å². The normalized spacial score (nSPS) is 22.1. The molecular weight excluding hydrogens is 372 g/mol. The fourth-order valence-corrected chi connectivity index (χ4v) is 4.89. The number of nitrogens with zero attached hydrogens (tertiary/aromatic N) is 2. The molecule has 1 unspecified atom stereocenters. The lowest BCUT2D eigenvalue weighted by atomic mass is 9.75. The molecule has 2 aliphatic carbocycles. The summed E-state index contributed by atoms with van der Waals surface area (Å²) in [7, 11) is 2.05. The zero-order chi connectivity index (χ0) is 21.3. The number of likely N-dealkylation sites (N-methyl/N-ethyl adjacent to an activating group) is 2. The lowest BCUT2D eigenvalue weighted by Crippen LogP contribution is -2.46. The van der Waals surface area contributed by atoms with Crippen LogP contribution in [0.5, 0.6) is 0 Å². The fourth-order valence-electron chi connectivity index (χ4n) is 4.89. The van der Waals surface area contributed by atoms with E-state index in [-0.39, 0.29) is 11.9 Å². The number of allylic oxidation sites excluding steroid dienone is 1. The first-order valence-electron chi connectivity index (χ1n) is 10.9. The van der Waals surface area contributed by atoms with Gasteiger partial charge in [-0.25, -0.2) is 0 Å². The van der Waals surface area contributed by atoms with Gasteiger partial charge in [0.05, 0.1) is 6.04 Å². The molecule has 4 nitrogen and oxygen atoms in total. The number of hydrogen-bond acceptors (Lipinski definition) is 3. The number of benzene rings is 1. The minimum absolute atomic E-state index is 0.0854. The van der Waals surface area contributed by atoms with Crippen LogP contribution in [0, 0.1) is 5.92 Å². The summed E-state index contributed by atoms with van der Waals surface area (Å²) in [4.78, 5) is 28.7. The molecule has 1 saturated carbocycles. The van der Waals surface area contributed by atoms with Gasteiger partial charge in [-0.05, 0) is 54.9 Å². The highest BCUT2D eigenvalue weighted by Crippen LogP contribution is 2.41. The van der Waals surface area contributed by atoms with Crippen molar-refractivity contribution in [1.82, 2.24) is 9.80 Å². The molecular formula is C26H30N2O2. The van der Waals surface area contributed by atoms with Gasteiger partial charge in [-0.3, -0.25) is 9.59 Å². The fraction of sp³-hybridized carbons (Fsp3) is 0.385. The monoisotopic (exact) mass is 402 g/mol. The van der Waals surface area contributed by atoms with E-state index in [4.69, 9.17) is 0 Å². The van der Waals surface area contributed by atoms with Gasteiger partial charge in [0.2, 0.25) is 5.91 Å². The maximum absolute atomic E-state index is 12.8. The predicted octanol–water partition coefficient (Wildman–Crippen LogP) is 4.72. The van der Waals surface area contributed by atoms with Crippen LogP contribution in [-0.4, -0.2) is 41.1 Å². The van der Waals surface area contributed by atoms with Gasteiger partial charge in [0, 0.05) is 43.9 Å². The summed E-state index contributed by atoms with van der Waals surface area (Å²) in [6, 6.07) is 10.3. The van der Waals surface area contributed by atoms with Gasteiger partial charge in [0.1, 0.15) is 5.78 Å². The molecule has 4 rings (SSSR count). The molecule has 4 heteroatoms. The van der Waals surface area contributed by atoms with Gasteiger partial charge in [-0.15, -0.1) is 0 Å². The first kappa shape index (κ1) is 20.4. The number of rotatable bonds is 5. The number of carbonyl (C=O) groups excluding carboxylic acids is 2. The lowest BCUT2D eigenvalue weighted by Gasteiger charge is -2.41. The third kappa shape index (κ3) is 3.79. The Morgan fingerprint density at radius 2 is 1.80 bits per heavy atom. The van der Waals surface area contributed by atoms with Crippen LogP contribution >= 0.6 is 0 Å². The molecule has 1 amide bonds. The van der Waals surface area contributed by atoms with Crippen LogP contribution in [0.15, 0.2) is 72.0 Å². The van der Waals surface area contributed by atoms with Crippen molar-refractivity contribution in [2.75, 3.05) is 13.6 Å². The number of amides is 1. The smallest absolute Gasteiger partial charge is 0.247 e. The van der Waals surface area contributed by atoms with Crippen LogP contribution in [0.1, 0.15) is 44.6 Å². The molecule has 0 aromatic heterocycles. The van der Waals surface area contributed by atoms with Crippen molar-refractivity contribution in [3.05, 3.63) is 77.5 Å². The molecule has 3 aliphatic rings. The van der Waals surface area contributed by atoms with Gasteiger partial charge in [0.15, 0.2) is 0 Å². The number of fused-ring (bicyclic) bond motifs is 1. The molecule has 0 radical (unpaired) electrons. The molecule has 0 bridgehead atoms. The standard InChI is InChI=1S/C26H30N2O2/c1-4-28-25-15-12-21(27(3)18(2)19-8-6-5-7-9-19)16-24(25)23(17-26(28)30)20-10-13-22(29)14-11-20/h5-9,12,16-17,20,25H,2,4,10-11,13-15H2,1,3H3. The van der Waals surface area contributed by atoms with E-state index in [1.54, 1.807) is 0 Å². The zero-order valence-electron chi connectivity index (χ0n) is 17.9. The van der Waals surface area contributed by atoms with E-state index < -0.39 is 0 Å². The third-order valence-electron chi connectivity index (χ3n) is 6.71. The van der Waals surface area contributed by atoms with E-state index >= 15 is 0 Å². The Hall–Kier alpha value is -2.88. The Labute approximate surface area is 179 Å². The van der Waals surface area contributed by atoms with E-state index in [1.165, 1.54) is 5.57 Å². The van der Waals surface area contributed by atoms with Crippen LogP contribution in [-0.2, 0) is 9.59 Å². The summed E-state index contributed by atoms with van der Waals surface area (Å²) in [5.74, 6) is 0.740. The average molecular weight is 403 g/mol. The van der Waals surface area contributed by atoms with Gasteiger partial charge in [-0.2, -0.15) is 0 Å². The second-order valence-electron chi connectivity index (χ2n) is 8.39. The highest BCUT2D eigenvalue weighted by atomic mass is 16.2. The SMILES string of the molecule is C=C(c1ccccc1)N(C)C1=CCC2C(=C1)C(C1CCC(=O)CC1)=CC(=O)N2CC. The van der Waals surface area contributed by atoms with Crippen LogP contribution in [0.3, 0.4) is 0 Å². The molecule has 1 aliphatic heterocycles. The topological polar surface area (TPSA) is 40.6 Å². The molecule has 1 aromatic carbocycles. The molecule has 0 saturated heterocycles. The lowest BCUT2D eigenvalue weighted by molar-refractivity contribution is -0.128. The van der Waals surface area contributed by atoms with E-state index in [9.17, 15) is 9.59 Å². The minimum atomic E-state index is 0.0854. The molecule has 1 fully saturated rings. The number of hydrogen-bond donors (Lipinski definition) is 0. The van der Waals surface area contributed by atoms with Gasteiger partial charge in [0.25, 0.3) is 0 Å². The van der Waals surface area contributed by atoms with Crippen molar-refractivity contribution in [2.45, 2.75) is 45.1 Å². The highest BCUT2D eigenvalue weighted by Gasteiger charge is 2.37. The summed E-state index contributed by atoms with van der Waals surface area (Å²) < 4.78 is 0. The predicted molar refractivity (Wildman–Crippen MR) is 120 cm³/mol. The number of ketones is 1. The molecule has 1 atom stereocenters. The van der Waals surface area contributed by atoms with Gasteiger partial charge < -0.3 is 9.80 Å². The molecule has 30 heavy (non-hydrogen) atoms. The third-order valence-corrected chi connectivity index (χ3v) is 6.71. The molecule has 0 spiro atoms. The number of carbonyl (C=O) groups is 2. The summed E-state index contributed by atoms with van der Waals surface area (Å²) >= 11 is 0. The maximum Gasteiger partial charge on any atom is 0.247 e. The summed E-state index contributed by atoms with van der Waals surface area (Å²) in [5, 5.41) is 0. The average Bonchev–Trinajstić information content (AvgIpc) is 2.78. The molecule has 1 heterocycles. The van der Waals surface area contributed by atoms with E-state index in [0.29, 0.717) is 31.1 Å². The van der Waals surface area contributed by atoms with E-state index in [0.717, 1.165) is 41.8 Å². The van der Waals surface area contributed by atoms with E-state index in [2.05, 4.69) is 35.8 Å². The number of Topliss-reactive ketones (excluding diaryl/α,β-unsaturated/α-hetero) is 1. The Morgan fingerprint density at radius 1 is 1.10 bits per heavy atom. The first-order valence-corrected chi connectivity index (χ1v) is 10.9. The van der Waals surface area contributed by atoms with Crippen LogP contribution in [0.4, 0.5) is 0 Å². The van der Waals surface area contributed by atoms with Crippen molar-refractivity contribution < 1.29 is 9.59 Å². The van der Waals surface area contributed by atoms with Crippen molar-refractivity contribution in [1.29, 1.82) is 0 Å². The minimum Gasteiger partial charge on any atom is -0.345 e. The Balaban J connectivity index is 1.66.